The van der Waals surface area contributed by atoms with Gasteiger partial charge in [-0.1, -0.05) is 18.2 Å². The second kappa shape index (κ2) is 10.1. The fourth-order valence-corrected chi connectivity index (χ4v) is 3.40. The average molecular weight is 440 g/mol. The molecule has 9 heteroatoms. The molecule has 0 saturated heterocycles. The molecule has 9 nitrogen and oxygen atoms in total. The van der Waals surface area contributed by atoms with Gasteiger partial charge in [0.15, 0.2) is 6.61 Å². The van der Waals surface area contributed by atoms with Gasteiger partial charge in [0.2, 0.25) is 0 Å². The molecule has 0 saturated carbocycles. The fraction of sp³-hybridized carbons (Fsp3) is 0.304. The van der Waals surface area contributed by atoms with E-state index in [4.69, 9.17) is 14.2 Å². The monoisotopic (exact) mass is 440 g/mol. The van der Waals surface area contributed by atoms with Crippen molar-refractivity contribution in [2.45, 2.75) is 19.5 Å². The fourth-order valence-electron chi connectivity index (χ4n) is 3.40. The van der Waals surface area contributed by atoms with Crippen molar-refractivity contribution in [3.8, 4) is 5.75 Å². The van der Waals surface area contributed by atoms with Gasteiger partial charge in [-0.3, -0.25) is 19.3 Å². The summed E-state index contributed by atoms with van der Waals surface area (Å²) in [4.78, 5) is 50.8. The highest BCUT2D eigenvalue weighted by atomic mass is 16.5. The lowest BCUT2D eigenvalue weighted by Crippen LogP contribution is -2.38. The molecule has 2 aromatic rings. The van der Waals surface area contributed by atoms with Crippen LogP contribution in [0, 0.1) is 0 Å². The number of nitrogens with one attached hydrogen (secondary N) is 1. The first-order valence-electron chi connectivity index (χ1n) is 9.93. The summed E-state index contributed by atoms with van der Waals surface area (Å²) < 4.78 is 15.3. The Morgan fingerprint density at radius 2 is 1.69 bits per heavy atom. The highest BCUT2D eigenvalue weighted by Crippen LogP contribution is 2.26. The van der Waals surface area contributed by atoms with Gasteiger partial charge >= 0.3 is 5.97 Å². The molecule has 1 unspecified atom stereocenters. The van der Waals surface area contributed by atoms with Crippen LogP contribution in [0.2, 0.25) is 0 Å². The van der Waals surface area contributed by atoms with Crippen LogP contribution in [-0.2, 0) is 20.8 Å². The number of carbonyl (C=O) groups is 4. The van der Waals surface area contributed by atoms with Crippen LogP contribution in [0.4, 0.5) is 0 Å². The number of esters is 1. The Bertz CT molecular complexity index is 1020. The highest BCUT2D eigenvalue weighted by Gasteiger charge is 2.35. The second-order valence-electron chi connectivity index (χ2n) is 7.28. The number of hydrogen-bond donors (Lipinski definition) is 1. The van der Waals surface area contributed by atoms with Crippen molar-refractivity contribution >= 4 is 23.7 Å². The van der Waals surface area contributed by atoms with Crippen LogP contribution < -0.4 is 10.1 Å². The molecule has 3 amide bonds. The lowest BCUT2D eigenvalue weighted by atomic mass is 10.1. The molecule has 32 heavy (non-hydrogen) atoms. The molecule has 0 fully saturated rings. The van der Waals surface area contributed by atoms with Crippen LogP contribution in [0.25, 0.3) is 0 Å². The van der Waals surface area contributed by atoms with E-state index in [1.807, 2.05) is 0 Å². The van der Waals surface area contributed by atoms with Gasteiger partial charge in [0.1, 0.15) is 11.3 Å². The SMILES string of the molecule is COCC(C)NC(=O)COC(=O)c1cc(CN2C(=O)c3ccccc3C2=O)ccc1OC. The van der Waals surface area contributed by atoms with Gasteiger partial charge in [0.05, 0.1) is 31.4 Å². The normalized spacial score (nSPS) is 13.5. The molecule has 1 aliphatic heterocycles. The summed E-state index contributed by atoms with van der Waals surface area (Å²) >= 11 is 0. The molecule has 0 aliphatic carbocycles. The first-order chi connectivity index (χ1) is 15.3. The number of fused-ring (bicyclic) bond motifs is 1. The average Bonchev–Trinajstić information content (AvgIpc) is 3.02. The van der Waals surface area contributed by atoms with Gasteiger partial charge in [-0.25, -0.2) is 4.79 Å². The zero-order valence-corrected chi connectivity index (χ0v) is 18.0. The predicted octanol–water partition coefficient (Wildman–Crippen LogP) is 1.80. The van der Waals surface area contributed by atoms with Gasteiger partial charge < -0.3 is 19.5 Å². The largest absolute Gasteiger partial charge is 0.496 e. The number of amides is 3. The van der Waals surface area contributed by atoms with Gasteiger partial charge in [-0.05, 0) is 36.8 Å². The Morgan fingerprint density at radius 3 is 2.28 bits per heavy atom. The molecule has 168 valence electrons. The molecule has 1 aliphatic rings. The van der Waals surface area contributed by atoms with Gasteiger partial charge in [-0.2, -0.15) is 0 Å². The number of methoxy groups -OCH3 is 2. The van der Waals surface area contributed by atoms with Gasteiger partial charge in [0.25, 0.3) is 17.7 Å². The van der Waals surface area contributed by atoms with E-state index in [1.165, 1.54) is 20.3 Å². The third kappa shape index (κ3) is 4.94. The molecule has 2 aromatic carbocycles. The molecule has 0 aromatic heterocycles. The van der Waals surface area contributed by atoms with E-state index in [1.54, 1.807) is 43.3 Å². The van der Waals surface area contributed by atoms with E-state index in [9.17, 15) is 19.2 Å². The van der Waals surface area contributed by atoms with Crippen LogP contribution in [0.1, 0.15) is 43.6 Å². The molecule has 0 radical (unpaired) electrons. The third-order valence-corrected chi connectivity index (χ3v) is 4.86. The Hall–Kier alpha value is -3.72. The number of nitrogens with zero attached hydrogens (tertiary/aromatic N) is 1. The van der Waals surface area contributed by atoms with E-state index >= 15 is 0 Å². The quantitative estimate of drug-likeness (QED) is 0.467. The van der Waals surface area contributed by atoms with Crippen molar-refractivity contribution < 1.29 is 33.4 Å². The zero-order valence-electron chi connectivity index (χ0n) is 18.0. The summed E-state index contributed by atoms with van der Waals surface area (Å²) in [6.45, 7) is 1.59. The molecule has 1 atom stereocenters. The third-order valence-electron chi connectivity index (χ3n) is 4.86. The predicted molar refractivity (Wildman–Crippen MR) is 113 cm³/mol. The van der Waals surface area contributed by atoms with E-state index < -0.39 is 30.3 Å². The van der Waals surface area contributed by atoms with Crippen LogP contribution in [0.3, 0.4) is 0 Å². The maximum Gasteiger partial charge on any atom is 0.342 e. The molecular weight excluding hydrogens is 416 g/mol. The van der Waals surface area contributed by atoms with E-state index in [0.717, 1.165) is 4.90 Å². The highest BCUT2D eigenvalue weighted by molar-refractivity contribution is 6.21. The Morgan fingerprint density at radius 1 is 1.03 bits per heavy atom. The first kappa shape index (κ1) is 23.0. The smallest absolute Gasteiger partial charge is 0.342 e. The summed E-state index contributed by atoms with van der Waals surface area (Å²) in [5, 5.41) is 2.64. The Balaban J connectivity index is 1.71. The lowest BCUT2D eigenvalue weighted by Gasteiger charge is -2.16. The summed E-state index contributed by atoms with van der Waals surface area (Å²) in [5.41, 5.74) is 1.31. The van der Waals surface area contributed by atoms with Crippen molar-refractivity contribution in [1.82, 2.24) is 10.2 Å². The lowest BCUT2D eigenvalue weighted by molar-refractivity contribution is -0.125. The minimum atomic E-state index is -0.763. The summed E-state index contributed by atoms with van der Waals surface area (Å²) in [6, 6.07) is 11.0. The minimum absolute atomic E-state index is 0.0222. The van der Waals surface area contributed by atoms with E-state index in [2.05, 4.69) is 5.32 Å². The van der Waals surface area contributed by atoms with Crippen molar-refractivity contribution in [1.29, 1.82) is 0 Å². The van der Waals surface area contributed by atoms with Crippen molar-refractivity contribution in [2.75, 3.05) is 27.4 Å². The van der Waals surface area contributed by atoms with Crippen LogP contribution in [0.15, 0.2) is 42.5 Å². The molecule has 1 heterocycles. The van der Waals surface area contributed by atoms with E-state index in [-0.39, 0.29) is 23.9 Å². The Kier molecular flexibility index (Phi) is 7.21. The van der Waals surface area contributed by atoms with Crippen molar-refractivity contribution in [3.63, 3.8) is 0 Å². The first-order valence-corrected chi connectivity index (χ1v) is 9.93. The standard InChI is InChI=1S/C23H24N2O7/c1-14(12-30-2)24-20(26)13-32-23(29)18-10-15(8-9-19(18)31-3)11-25-21(27)16-6-4-5-7-17(16)22(25)28/h4-10,14H,11-13H2,1-3H3,(H,24,26). The molecule has 1 N–H and O–H groups in total. The van der Waals surface area contributed by atoms with E-state index in [0.29, 0.717) is 23.3 Å². The van der Waals surface area contributed by atoms with Crippen LogP contribution in [-0.4, -0.2) is 62.1 Å². The zero-order chi connectivity index (χ0) is 23.3. The number of ether oxygens (including phenoxy) is 3. The molecule has 0 bridgehead atoms. The van der Waals surface area contributed by atoms with Crippen molar-refractivity contribution in [2.24, 2.45) is 0 Å². The molecular formula is C23H24N2O7. The summed E-state index contributed by atoms with van der Waals surface area (Å²) in [7, 11) is 2.92. The van der Waals surface area contributed by atoms with Crippen LogP contribution in [0.5, 0.6) is 5.75 Å². The summed E-state index contributed by atoms with van der Waals surface area (Å²) in [6.07, 6.45) is 0. The number of rotatable bonds is 9. The van der Waals surface area contributed by atoms with Crippen LogP contribution >= 0.6 is 0 Å². The minimum Gasteiger partial charge on any atom is -0.496 e. The number of hydrogen-bond acceptors (Lipinski definition) is 7. The summed E-state index contributed by atoms with van der Waals surface area (Å²) in [5.74, 6) is -1.78. The van der Waals surface area contributed by atoms with Gasteiger partial charge in [0, 0.05) is 13.2 Å². The maximum atomic E-state index is 12.6. The molecule has 0 spiro atoms. The maximum absolute atomic E-state index is 12.6. The second-order valence-corrected chi connectivity index (χ2v) is 7.28. The number of benzene rings is 2. The number of imide groups is 1. The topological polar surface area (TPSA) is 111 Å². The Labute approximate surface area is 185 Å². The number of carbonyl (C=O) groups excluding carboxylic acids is 4. The van der Waals surface area contributed by atoms with Gasteiger partial charge in [-0.15, -0.1) is 0 Å². The van der Waals surface area contributed by atoms with Crippen molar-refractivity contribution in [3.05, 3.63) is 64.7 Å². The molecule has 3 rings (SSSR count).